The van der Waals surface area contributed by atoms with Crippen molar-refractivity contribution in [3.8, 4) is 5.75 Å². The minimum atomic E-state index is -3.66. The van der Waals surface area contributed by atoms with Gasteiger partial charge in [-0.3, -0.25) is 14.5 Å². The van der Waals surface area contributed by atoms with Crippen LogP contribution in [0.3, 0.4) is 0 Å². The van der Waals surface area contributed by atoms with Crippen LogP contribution in [0.15, 0.2) is 29.2 Å². The van der Waals surface area contributed by atoms with Gasteiger partial charge in [-0.1, -0.05) is 0 Å². The molecule has 3 aliphatic rings. The largest absolute Gasteiger partial charge is 0.497 e. The average molecular weight is 479 g/mol. The van der Waals surface area contributed by atoms with Gasteiger partial charge in [-0.15, -0.1) is 0 Å². The number of nitrogens with zero attached hydrogens (tertiary/aromatic N) is 4. The fourth-order valence-electron chi connectivity index (χ4n) is 4.90. The Morgan fingerprint density at radius 3 is 2.21 bits per heavy atom. The number of amides is 2. The molecule has 33 heavy (non-hydrogen) atoms. The van der Waals surface area contributed by atoms with Crippen LogP contribution >= 0.6 is 0 Å². The average Bonchev–Trinajstić information content (AvgIpc) is 3.39. The predicted octanol–water partition coefficient (Wildman–Crippen LogP) is 0.863. The Kier molecular flexibility index (Phi) is 7.55. The first kappa shape index (κ1) is 24.0. The molecular weight excluding hydrogens is 444 g/mol. The molecule has 9 nitrogen and oxygen atoms in total. The van der Waals surface area contributed by atoms with E-state index in [-0.39, 0.29) is 29.2 Å². The molecule has 0 aromatic heterocycles. The highest BCUT2D eigenvalue weighted by molar-refractivity contribution is 7.89. The number of carbonyl (C=O) groups is 2. The van der Waals surface area contributed by atoms with Gasteiger partial charge in [-0.05, 0) is 49.9 Å². The van der Waals surface area contributed by atoms with Crippen molar-refractivity contribution in [3.05, 3.63) is 24.3 Å². The molecule has 2 amide bonds. The normalized spacial score (nSPS) is 23.0. The molecule has 0 radical (unpaired) electrons. The summed E-state index contributed by atoms with van der Waals surface area (Å²) in [4.78, 5) is 31.7. The molecule has 182 valence electrons. The summed E-state index contributed by atoms with van der Waals surface area (Å²) < 4.78 is 32.8. The minimum absolute atomic E-state index is 0.0233. The molecule has 1 aromatic rings. The van der Waals surface area contributed by atoms with E-state index in [9.17, 15) is 18.0 Å². The lowest BCUT2D eigenvalue weighted by Crippen LogP contribution is -2.54. The van der Waals surface area contributed by atoms with Crippen molar-refractivity contribution < 1.29 is 22.7 Å². The Balaban J connectivity index is 1.31. The number of methoxy groups -OCH3 is 1. The number of sulfonamides is 1. The van der Waals surface area contributed by atoms with Crippen LogP contribution in [0.2, 0.25) is 0 Å². The molecular formula is C23H34N4O5S. The lowest BCUT2D eigenvalue weighted by atomic mass is 9.98. The van der Waals surface area contributed by atoms with Crippen LogP contribution < -0.4 is 4.74 Å². The van der Waals surface area contributed by atoms with Gasteiger partial charge >= 0.3 is 0 Å². The van der Waals surface area contributed by atoms with Gasteiger partial charge in [0.1, 0.15) is 5.75 Å². The van der Waals surface area contributed by atoms with E-state index < -0.39 is 10.0 Å². The number of carbonyl (C=O) groups excluding carboxylic acids is 2. The maximum Gasteiger partial charge on any atom is 0.243 e. The van der Waals surface area contributed by atoms with Crippen molar-refractivity contribution >= 4 is 21.8 Å². The van der Waals surface area contributed by atoms with Gasteiger partial charge in [0.2, 0.25) is 21.8 Å². The van der Waals surface area contributed by atoms with Crippen LogP contribution in [-0.2, 0) is 19.6 Å². The van der Waals surface area contributed by atoms with E-state index in [1.165, 1.54) is 11.4 Å². The second kappa shape index (κ2) is 10.4. The zero-order valence-corrected chi connectivity index (χ0v) is 20.1. The van der Waals surface area contributed by atoms with Crippen LogP contribution in [-0.4, -0.2) is 105 Å². The standard InChI is InChI=1S/C23H34N4O5S/c1-32-20-6-8-21(9-7-20)33(30,31)27-12-4-5-19(17-27)23(29)26-15-13-24(14-16-26)18-22(28)25-10-2-3-11-25/h6-9,19H,2-5,10-18H2,1H3. The number of benzene rings is 1. The Morgan fingerprint density at radius 2 is 1.58 bits per heavy atom. The molecule has 0 N–H and O–H groups in total. The summed E-state index contributed by atoms with van der Waals surface area (Å²) in [7, 11) is -2.12. The molecule has 3 fully saturated rings. The SMILES string of the molecule is COc1ccc(S(=O)(=O)N2CCCC(C(=O)N3CCN(CC(=O)N4CCCC4)CC3)C2)cc1. The number of rotatable bonds is 6. The molecule has 10 heteroatoms. The van der Waals surface area contributed by atoms with Crippen molar-refractivity contribution in [2.75, 3.05) is 66.0 Å². The maximum atomic E-state index is 13.2. The Bertz CT molecular complexity index is 938. The molecule has 1 atom stereocenters. The molecule has 0 bridgehead atoms. The zero-order chi connectivity index (χ0) is 23.4. The minimum Gasteiger partial charge on any atom is -0.497 e. The fraction of sp³-hybridized carbons (Fsp3) is 0.652. The van der Waals surface area contributed by atoms with E-state index in [1.54, 1.807) is 24.3 Å². The van der Waals surface area contributed by atoms with Crippen molar-refractivity contribution in [3.63, 3.8) is 0 Å². The number of hydrogen-bond acceptors (Lipinski definition) is 6. The fourth-order valence-corrected chi connectivity index (χ4v) is 6.43. The molecule has 0 saturated carbocycles. The van der Waals surface area contributed by atoms with Gasteiger partial charge in [-0.25, -0.2) is 8.42 Å². The first-order valence-corrected chi connectivity index (χ1v) is 13.3. The third-order valence-corrected chi connectivity index (χ3v) is 8.81. The van der Waals surface area contributed by atoms with E-state index in [2.05, 4.69) is 4.90 Å². The lowest BCUT2D eigenvalue weighted by molar-refractivity contribution is -0.139. The molecule has 4 rings (SSSR count). The van der Waals surface area contributed by atoms with Crippen LogP contribution in [0.25, 0.3) is 0 Å². The zero-order valence-electron chi connectivity index (χ0n) is 19.3. The first-order valence-electron chi connectivity index (χ1n) is 11.8. The monoisotopic (exact) mass is 478 g/mol. The molecule has 3 aliphatic heterocycles. The van der Waals surface area contributed by atoms with Gasteiger partial charge in [-0.2, -0.15) is 4.31 Å². The highest BCUT2D eigenvalue weighted by Crippen LogP contribution is 2.26. The summed E-state index contributed by atoms with van der Waals surface area (Å²) in [5.74, 6) is 0.473. The molecule has 3 saturated heterocycles. The van der Waals surface area contributed by atoms with E-state index >= 15 is 0 Å². The number of likely N-dealkylation sites (tertiary alicyclic amines) is 1. The Labute approximate surface area is 196 Å². The van der Waals surface area contributed by atoms with Crippen LogP contribution in [0.4, 0.5) is 0 Å². The number of piperidine rings is 1. The third-order valence-electron chi connectivity index (χ3n) is 6.93. The van der Waals surface area contributed by atoms with Crippen LogP contribution in [0.1, 0.15) is 25.7 Å². The third kappa shape index (κ3) is 5.50. The van der Waals surface area contributed by atoms with Crippen LogP contribution in [0, 0.1) is 5.92 Å². The van der Waals surface area contributed by atoms with Crippen LogP contribution in [0.5, 0.6) is 5.75 Å². The summed E-state index contributed by atoms with van der Waals surface area (Å²) in [6, 6.07) is 6.35. The predicted molar refractivity (Wildman–Crippen MR) is 123 cm³/mol. The summed E-state index contributed by atoms with van der Waals surface area (Å²) in [5.41, 5.74) is 0. The van der Waals surface area contributed by atoms with Crippen molar-refractivity contribution in [1.29, 1.82) is 0 Å². The van der Waals surface area contributed by atoms with Gasteiger partial charge in [0.05, 0.1) is 24.5 Å². The highest BCUT2D eigenvalue weighted by atomic mass is 32.2. The quantitative estimate of drug-likeness (QED) is 0.603. The van der Waals surface area contributed by atoms with Gasteiger partial charge in [0.25, 0.3) is 0 Å². The number of ether oxygens (including phenoxy) is 1. The van der Waals surface area contributed by atoms with E-state index in [4.69, 9.17) is 4.74 Å². The molecule has 0 spiro atoms. The van der Waals surface area contributed by atoms with E-state index in [1.807, 2.05) is 9.80 Å². The molecule has 0 aliphatic carbocycles. The topological polar surface area (TPSA) is 90.5 Å². The van der Waals surface area contributed by atoms with E-state index in [0.29, 0.717) is 57.9 Å². The molecule has 1 unspecified atom stereocenters. The lowest BCUT2D eigenvalue weighted by Gasteiger charge is -2.38. The van der Waals surface area contributed by atoms with Gasteiger partial charge < -0.3 is 14.5 Å². The summed E-state index contributed by atoms with van der Waals surface area (Å²) in [5, 5.41) is 0. The smallest absolute Gasteiger partial charge is 0.243 e. The summed E-state index contributed by atoms with van der Waals surface area (Å²) in [6.45, 7) is 5.26. The second-order valence-electron chi connectivity index (χ2n) is 9.07. The van der Waals surface area contributed by atoms with Crippen molar-refractivity contribution in [2.45, 2.75) is 30.6 Å². The Hall–Kier alpha value is -2.17. The van der Waals surface area contributed by atoms with Gasteiger partial charge in [0.15, 0.2) is 0 Å². The second-order valence-corrected chi connectivity index (χ2v) is 11.0. The molecule has 3 heterocycles. The number of piperazine rings is 1. The Morgan fingerprint density at radius 1 is 0.909 bits per heavy atom. The van der Waals surface area contributed by atoms with Crippen molar-refractivity contribution in [2.24, 2.45) is 5.92 Å². The van der Waals surface area contributed by atoms with Gasteiger partial charge in [0, 0.05) is 52.4 Å². The maximum absolute atomic E-state index is 13.2. The summed E-state index contributed by atoms with van der Waals surface area (Å²) >= 11 is 0. The van der Waals surface area contributed by atoms with E-state index in [0.717, 1.165) is 25.9 Å². The molecule has 1 aromatic carbocycles. The number of hydrogen-bond donors (Lipinski definition) is 0. The first-order chi connectivity index (χ1) is 15.9. The summed E-state index contributed by atoms with van der Waals surface area (Å²) in [6.07, 6.45) is 3.53. The highest BCUT2D eigenvalue weighted by Gasteiger charge is 2.36. The van der Waals surface area contributed by atoms with Crippen molar-refractivity contribution in [1.82, 2.24) is 19.0 Å².